The van der Waals surface area contributed by atoms with Gasteiger partial charge in [0.25, 0.3) is 11.1 Å². The van der Waals surface area contributed by atoms with E-state index >= 15 is 0 Å². The molecular formula is C22H17F3N2O4S2. The third-order valence-corrected chi connectivity index (χ3v) is 6.84. The minimum absolute atomic E-state index is 0.220. The molecule has 1 aliphatic heterocycles. The topological polar surface area (TPSA) is 92.4 Å². The highest BCUT2D eigenvalue weighted by Crippen LogP contribution is 2.33. The van der Waals surface area contributed by atoms with Gasteiger partial charge in [-0.2, -0.15) is 13.2 Å². The van der Waals surface area contributed by atoms with Gasteiger partial charge in [-0.3, -0.25) is 14.9 Å². The van der Waals surface area contributed by atoms with Gasteiger partial charge in [0.1, 0.15) is 5.76 Å². The zero-order chi connectivity index (χ0) is 23.8. The lowest BCUT2D eigenvalue weighted by atomic mass is 10.1. The van der Waals surface area contributed by atoms with Gasteiger partial charge in [-0.15, -0.1) is 11.3 Å². The van der Waals surface area contributed by atoms with Crippen molar-refractivity contribution in [1.82, 2.24) is 10.3 Å². The molecule has 4 rings (SSSR count). The van der Waals surface area contributed by atoms with Crippen LogP contribution in [0, 0.1) is 6.92 Å². The van der Waals surface area contributed by atoms with Gasteiger partial charge in [-0.25, -0.2) is 4.98 Å². The van der Waals surface area contributed by atoms with Crippen LogP contribution in [0.15, 0.2) is 45.7 Å². The van der Waals surface area contributed by atoms with E-state index in [1.54, 1.807) is 25.1 Å². The molecular weight excluding hydrogens is 477 g/mol. The normalized spacial score (nSPS) is 16.5. The third-order valence-electron chi connectivity index (χ3n) is 4.90. The third kappa shape index (κ3) is 5.37. The molecule has 1 saturated heterocycles. The average Bonchev–Trinajstić information content (AvgIpc) is 3.45. The first kappa shape index (κ1) is 23.3. The van der Waals surface area contributed by atoms with E-state index < -0.39 is 29.0 Å². The Hall–Kier alpha value is -2.89. The quantitative estimate of drug-likeness (QED) is 0.426. The molecule has 1 aromatic carbocycles. The second kappa shape index (κ2) is 9.16. The highest BCUT2D eigenvalue weighted by atomic mass is 32.2. The molecule has 1 atom stereocenters. The van der Waals surface area contributed by atoms with Crippen LogP contribution in [-0.2, 0) is 17.4 Å². The minimum Gasteiger partial charge on any atom is -0.441 e. The van der Waals surface area contributed by atoms with Crippen LogP contribution in [0.2, 0.25) is 0 Å². The number of hydrogen-bond donors (Lipinski definition) is 2. The molecule has 2 aromatic heterocycles. The van der Waals surface area contributed by atoms with E-state index in [4.69, 9.17) is 4.42 Å². The van der Waals surface area contributed by atoms with Crippen molar-refractivity contribution in [3.05, 3.63) is 68.1 Å². The lowest BCUT2D eigenvalue weighted by Crippen LogP contribution is -2.17. The second-order valence-electron chi connectivity index (χ2n) is 7.24. The van der Waals surface area contributed by atoms with Gasteiger partial charge in [-0.1, -0.05) is 0 Å². The number of benzene rings is 1. The fourth-order valence-corrected chi connectivity index (χ4v) is 4.90. The van der Waals surface area contributed by atoms with Gasteiger partial charge >= 0.3 is 6.18 Å². The number of alkyl halides is 3. The number of nitrogens with one attached hydrogen (secondary N) is 1. The maximum absolute atomic E-state index is 12.7. The average molecular weight is 495 g/mol. The number of thioether (sulfide) groups is 1. The monoisotopic (exact) mass is 494 g/mol. The van der Waals surface area contributed by atoms with Crippen molar-refractivity contribution in [3.8, 4) is 11.5 Å². The number of aromatic nitrogens is 1. The number of nitrogens with zero attached hydrogens (tertiary/aromatic N) is 1. The van der Waals surface area contributed by atoms with Crippen molar-refractivity contribution in [2.45, 2.75) is 32.0 Å². The predicted octanol–water partition coefficient (Wildman–Crippen LogP) is 5.72. The predicted molar refractivity (Wildman–Crippen MR) is 118 cm³/mol. The van der Waals surface area contributed by atoms with Gasteiger partial charge in [0.2, 0.25) is 5.89 Å². The van der Waals surface area contributed by atoms with E-state index in [0.717, 1.165) is 28.8 Å². The number of aryl methyl sites for hydroxylation is 2. The molecule has 33 heavy (non-hydrogen) atoms. The number of aliphatic hydroxyl groups excluding tert-OH is 1. The van der Waals surface area contributed by atoms with Crippen molar-refractivity contribution in [3.63, 3.8) is 0 Å². The van der Waals surface area contributed by atoms with E-state index in [0.29, 0.717) is 39.6 Å². The number of carbonyl (C=O) groups is 2. The maximum Gasteiger partial charge on any atom is 0.416 e. The van der Waals surface area contributed by atoms with Crippen LogP contribution in [0.4, 0.5) is 18.0 Å². The molecule has 11 heteroatoms. The number of carbonyl (C=O) groups excluding carboxylic acids is 2. The van der Waals surface area contributed by atoms with E-state index in [1.807, 2.05) is 0 Å². The molecule has 0 bridgehead atoms. The minimum atomic E-state index is -4.41. The Morgan fingerprint density at radius 3 is 2.55 bits per heavy atom. The molecule has 1 fully saturated rings. The maximum atomic E-state index is 12.7. The fourth-order valence-electron chi connectivity index (χ4n) is 3.18. The van der Waals surface area contributed by atoms with Crippen molar-refractivity contribution >= 4 is 40.3 Å². The first-order valence-electron chi connectivity index (χ1n) is 9.77. The first-order chi connectivity index (χ1) is 15.6. The number of amides is 2. The van der Waals surface area contributed by atoms with E-state index in [9.17, 15) is 27.9 Å². The standard InChI is InChI=1S/C22H17F3N2O4S2/c1-11-15(26-20(31-11)12-2-4-13(5-3-12)22(23,24)25)7-8-16(28)17-9-6-14(32-17)10-18-19(29)27-21(30)33-18/h2-6,9-10,16,28H,7-8H2,1H3,(H,27,29,30). The van der Waals surface area contributed by atoms with Crippen LogP contribution in [0.5, 0.6) is 0 Å². The highest BCUT2D eigenvalue weighted by molar-refractivity contribution is 8.18. The van der Waals surface area contributed by atoms with E-state index in [-0.39, 0.29) is 5.89 Å². The highest BCUT2D eigenvalue weighted by Gasteiger charge is 2.30. The summed E-state index contributed by atoms with van der Waals surface area (Å²) in [6, 6.07) is 8.09. The summed E-state index contributed by atoms with van der Waals surface area (Å²) in [6.07, 6.45) is -2.84. The zero-order valence-corrected chi connectivity index (χ0v) is 18.7. The molecule has 1 aliphatic rings. The van der Waals surface area contributed by atoms with Crippen LogP contribution in [0.25, 0.3) is 17.5 Å². The van der Waals surface area contributed by atoms with Crippen LogP contribution in [-0.4, -0.2) is 21.2 Å². The smallest absolute Gasteiger partial charge is 0.416 e. The number of thiophene rings is 1. The molecule has 0 spiro atoms. The molecule has 0 radical (unpaired) electrons. The van der Waals surface area contributed by atoms with Gasteiger partial charge < -0.3 is 9.52 Å². The Bertz CT molecular complexity index is 1230. The molecule has 3 aromatic rings. The van der Waals surface area contributed by atoms with Crippen LogP contribution >= 0.6 is 23.1 Å². The zero-order valence-electron chi connectivity index (χ0n) is 17.1. The summed E-state index contributed by atoms with van der Waals surface area (Å²) in [5, 5.41) is 12.3. The Balaban J connectivity index is 1.40. The Labute approximate surface area is 194 Å². The van der Waals surface area contributed by atoms with Gasteiger partial charge in [0.15, 0.2) is 0 Å². The molecule has 6 nitrogen and oxygen atoms in total. The molecule has 1 unspecified atom stereocenters. The Morgan fingerprint density at radius 1 is 1.18 bits per heavy atom. The number of imide groups is 1. The summed E-state index contributed by atoms with van der Waals surface area (Å²) in [6.45, 7) is 1.71. The van der Waals surface area contributed by atoms with Crippen LogP contribution in [0.1, 0.15) is 39.3 Å². The molecule has 3 heterocycles. The summed E-state index contributed by atoms with van der Waals surface area (Å²) < 4.78 is 43.8. The number of hydrogen-bond acceptors (Lipinski definition) is 7. The summed E-state index contributed by atoms with van der Waals surface area (Å²) in [4.78, 5) is 29.0. The fraction of sp³-hybridized carbons (Fsp3) is 0.227. The SMILES string of the molecule is Cc1oc(-c2ccc(C(F)(F)F)cc2)nc1CCC(O)c1ccc(C=C2SC(=O)NC2=O)s1. The van der Waals surface area contributed by atoms with E-state index in [2.05, 4.69) is 10.3 Å². The van der Waals surface area contributed by atoms with Crippen molar-refractivity contribution in [2.75, 3.05) is 0 Å². The van der Waals surface area contributed by atoms with Crippen LogP contribution < -0.4 is 5.32 Å². The van der Waals surface area contributed by atoms with Crippen molar-refractivity contribution in [2.24, 2.45) is 0 Å². The number of oxazole rings is 1. The van der Waals surface area contributed by atoms with E-state index in [1.165, 1.54) is 23.5 Å². The summed E-state index contributed by atoms with van der Waals surface area (Å²) in [5.41, 5.74) is 0.295. The van der Waals surface area contributed by atoms with Gasteiger partial charge in [0, 0.05) is 15.3 Å². The summed E-state index contributed by atoms with van der Waals surface area (Å²) >= 11 is 2.14. The first-order valence-corrected chi connectivity index (χ1v) is 11.4. The molecule has 2 amide bonds. The Kier molecular flexibility index (Phi) is 6.46. The summed E-state index contributed by atoms with van der Waals surface area (Å²) in [5.74, 6) is 0.311. The Morgan fingerprint density at radius 2 is 1.91 bits per heavy atom. The molecule has 172 valence electrons. The molecule has 0 aliphatic carbocycles. The lowest BCUT2D eigenvalue weighted by molar-refractivity contribution is -0.137. The number of rotatable bonds is 6. The molecule has 2 N–H and O–H groups in total. The van der Waals surface area contributed by atoms with Crippen LogP contribution in [0.3, 0.4) is 0 Å². The largest absolute Gasteiger partial charge is 0.441 e. The second-order valence-corrected chi connectivity index (χ2v) is 9.41. The number of aliphatic hydroxyl groups is 1. The van der Waals surface area contributed by atoms with Gasteiger partial charge in [-0.05, 0) is 74.0 Å². The lowest BCUT2D eigenvalue weighted by Gasteiger charge is -2.07. The molecule has 0 saturated carbocycles. The van der Waals surface area contributed by atoms with Crippen molar-refractivity contribution < 1.29 is 32.3 Å². The van der Waals surface area contributed by atoms with Crippen molar-refractivity contribution in [1.29, 1.82) is 0 Å². The van der Waals surface area contributed by atoms with Gasteiger partial charge in [0.05, 0.1) is 22.3 Å². The summed E-state index contributed by atoms with van der Waals surface area (Å²) in [7, 11) is 0. The number of halogens is 3.